The van der Waals surface area contributed by atoms with Crippen molar-refractivity contribution < 1.29 is 0 Å². The van der Waals surface area contributed by atoms with Crippen molar-refractivity contribution in [1.82, 2.24) is 20.4 Å². The zero-order valence-electron chi connectivity index (χ0n) is 12.3. The Balaban J connectivity index is 1.99. The van der Waals surface area contributed by atoms with Crippen LogP contribution in [0.3, 0.4) is 0 Å². The maximum atomic E-state index is 5.03. The number of hydrogen-bond donors (Lipinski definition) is 2. The molecule has 0 spiro atoms. The largest absolute Gasteiger partial charge is 0.366 e. The molecule has 0 aliphatic carbocycles. The van der Waals surface area contributed by atoms with Crippen LogP contribution in [0.25, 0.3) is 0 Å². The predicted molar refractivity (Wildman–Crippen MR) is 85.8 cm³/mol. The van der Waals surface area contributed by atoms with Crippen LogP contribution < -0.4 is 10.6 Å². The van der Waals surface area contributed by atoms with Gasteiger partial charge in [-0.25, -0.2) is 0 Å². The van der Waals surface area contributed by atoms with Gasteiger partial charge in [-0.15, -0.1) is 0 Å². The van der Waals surface area contributed by atoms with Crippen molar-refractivity contribution in [2.75, 3.05) is 33.4 Å². The predicted octanol–water partition coefficient (Wildman–Crippen LogP) is 2.10. The van der Waals surface area contributed by atoms with Crippen molar-refractivity contribution in [2.24, 2.45) is 0 Å². The van der Waals surface area contributed by atoms with E-state index in [-0.39, 0.29) is 0 Å². The highest BCUT2D eigenvalue weighted by Crippen LogP contribution is 2.09. The molecule has 4 nitrogen and oxygen atoms in total. The Bertz CT molecular complexity index is 281. The molecule has 0 aromatic rings. The Morgan fingerprint density at radius 1 is 1.11 bits per heavy atom. The number of hydrogen-bond acceptors (Lipinski definition) is 3. The molecule has 0 amide bonds. The Kier molecular flexibility index (Phi) is 8.38. The molecule has 5 heteroatoms. The van der Waals surface area contributed by atoms with E-state index >= 15 is 0 Å². The van der Waals surface area contributed by atoms with Gasteiger partial charge in [-0.05, 0) is 25.1 Å². The van der Waals surface area contributed by atoms with E-state index in [0.29, 0.717) is 0 Å². The average Bonchev–Trinajstić information content (AvgIpc) is 2.87. The molecule has 110 valence electrons. The number of nitrogens with one attached hydrogen (secondary N) is 2. The zero-order chi connectivity index (χ0) is 13.9. The molecule has 0 saturated carbocycles. The van der Waals surface area contributed by atoms with Crippen molar-refractivity contribution in [3.63, 3.8) is 0 Å². The van der Waals surface area contributed by atoms with E-state index < -0.39 is 0 Å². The Labute approximate surface area is 123 Å². The second-order valence-corrected chi connectivity index (χ2v) is 5.39. The maximum absolute atomic E-state index is 5.03. The molecular weight excluding hydrogens is 256 g/mol. The molecule has 1 heterocycles. The fourth-order valence-electron chi connectivity index (χ4n) is 2.12. The molecule has 19 heavy (non-hydrogen) atoms. The van der Waals surface area contributed by atoms with Gasteiger partial charge in [0, 0.05) is 39.1 Å². The van der Waals surface area contributed by atoms with E-state index in [1.165, 1.54) is 32.2 Å². The highest BCUT2D eigenvalue weighted by molar-refractivity contribution is 7.80. The van der Waals surface area contributed by atoms with Gasteiger partial charge >= 0.3 is 0 Å². The van der Waals surface area contributed by atoms with Crippen LogP contribution in [0.1, 0.15) is 39.0 Å². The first-order valence-corrected chi connectivity index (χ1v) is 7.79. The van der Waals surface area contributed by atoms with Crippen LogP contribution in [0, 0.1) is 0 Å². The highest BCUT2D eigenvalue weighted by atomic mass is 32.1. The third-order valence-corrected chi connectivity index (χ3v) is 3.63. The van der Waals surface area contributed by atoms with Crippen LogP contribution in [0.5, 0.6) is 0 Å². The Hall–Kier alpha value is -0.970. The SMILES string of the molecule is CCCCCCN1C=CN(CCCNC(=S)NC)C1. The maximum Gasteiger partial charge on any atom is 0.166 e. The van der Waals surface area contributed by atoms with Crippen LogP contribution in [0.15, 0.2) is 12.4 Å². The summed E-state index contributed by atoms with van der Waals surface area (Å²) in [4.78, 5) is 4.77. The lowest BCUT2D eigenvalue weighted by atomic mass is 10.2. The first-order chi connectivity index (χ1) is 9.26. The number of unbranched alkanes of at least 4 members (excludes halogenated alkanes) is 3. The summed E-state index contributed by atoms with van der Waals surface area (Å²) in [6.07, 6.45) is 10.9. The first-order valence-electron chi connectivity index (χ1n) is 7.38. The van der Waals surface area contributed by atoms with Crippen molar-refractivity contribution in [2.45, 2.75) is 39.0 Å². The summed E-state index contributed by atoms with van der Waals surface area (Å²) in [5, 5.41) is 6.82. The Morgan fingerprint density at radius 3 is 2.42 bits per heavy atom. The minimum absolute atomic E-state index is 0.731. The fourth-order valence-corrected chi connectivity index (χ4v) is 2.22. The van der Waals surface area contributed by atoms with E-state index in [2.05, 4.69) is 39.8 Å². The molecule has 0 atom stereocenters. The molecule has 0 aromatic heterocycles. The van der Waals surface area contributed by atoms with Gasteiger partial charge in [0.2, 0.25) is 0 Å². The molecule has 0 aromatic carbocycles. The zero-order valence-corrected chi connectivity index (χ0v) is 13.1. The van der Waals surface area contributed by atoms with E-state index in [9.17, 15) is 0 Å². The molecule has 0 bridgehead atoms. The fraction of sp³-hybridized carbons (Fsp3) is 0.786. The van der Waals surface area contributed by atoms with Crippen molar-refractivity contribution >= 4 is 17.3 Å². The summed E-state index contributed by atoms with van der Waals surface area (Å²) in [6, 6.07) is 0. The number of nitrogens with zero attached hydrogens (tertiary/aromatic N) is 2. The van der Waals surface area contributed by atoms with E-state index in [0.717, 1.165) is 31.3 Å². The summed E-state index contributed by atoms with van der Waals surface area (Å²) in [7, 11) is 1.84. The van der Waals surface area contributed by atoms with Crippen LogP contribution in [0.4, 0.5) is 0 Å². The molecule has 1 aliphatic heterocycles. The summed E-state index contributed by atoms with van der Waals surface area (Å²) in [6.45, 7) is 6.50. The molecule has 1 rings (SSSR count). The number of rotatable bonds is 9. The lowest BCUT2D eigenvalue weighted by molar-refractivity contribution is 0.259. The van der Waals surface area contributed by atoms with Crippen molar-refractivity contribution in [1.29, 1.82) is 0 Å². The minimum atomic E-state index is 0.731. The van der Waals surface area contributed by atoms with Gasteiger partial charge in [0.25, 0.3) is 0 Å². The van der Waals surface area contributed by atoms with Gasteiger partial charge in [0.15, 0.2) is 5.11 Å². The van der Waals surface area contributed by atoms with Gasteiger partial charge in [-0.1, -0.05) is 26.2 Å². The van der Waals surface area contributed by atoms with Crippen molar-refractivity contribution in [3.8, 4) is 0 Å². The van der Waals surface area contributed by atoms with E-state index in [4.69, 9.17) is 12.2 Å². The van der Waals surface area contributed by atoms with Crippen LogP contribution >= 0.6 is 12.2 Å². The normalized spacial score (nSPS) is 14.0. The smallest absolute Gasteiger partial charge is 0.166 e. The number of thiocarbonyl (C=S) groups is 1. The second-order valence-electron chi connectivity index (χ2n) is 4.98. The monoisotopic (exact) mass is 284 g/mol. The topological polar surface area (TPSA) is 30.5 Å². The standard InChI is InChI=1S/C14H28N4S/c1-3-4-5-6-9-17-11-12-18(13-17)10-7-8-16-14(19)15-2/h11-12H,3-10,13H2,1-2H3,(H2,15,16,19). The quantitative estimate of drug-likeness (QED) is 0.500. The van der Waals surface area contributed by atoms with Crippen LogP contribution in [-0.4, -0.2) is 48.3 Å². The van der Waals surface area contributed by atoms with E-state index in [1.54, 1.807) is 0 Å². The average molecular weight is 284 g/mol. The summed E-state index contributed by atoms with van der Waals surface area (Å²) in [5.74, 6) is 0. The second kappa shape index (κ2) is 9.89. The molecule has 0 unspecified atom stereocenters. The van der Waals surface area contributed by atoms with Crippen molar-refractivity contribution in [3.05, 3.63) is 12.4 Å². The van der Waals surface area contributed by atoms with Crippen LogP contribution in [0.2, 0.25) is 0 Å². The highest BCUT2D eigenvalue weighted by Gasteiger charge is 2.10. The van der Waals surface area contributed by atoms with E-state index in [1.807, 2.05) is 7.05 Å². The molecular formula is C14H28N4S. The molecule has 1 aliphatic rings. The minimum Gasteiger partial charge on any atom is -0.366 e. The third kappa shape index (κ3) is 7.25. The van der Waals surface area contributed by atoms with Gasteiger partial charge in [0.05, 0.1) is 6.67 Å². The molecule has 2 N–H and O–H groups in total. The summed E-state index contributed by atoms with van der Waals surface area (Å²) < 4.78 is 0. The van der Waals surface area contributed by atoms with Gasteiger partial charge in [0.1, 0.15) is 0 Å². The lowest BCUT2D eigenvalue weighted by Gasteiger charge is -2.21. The Morgan fingerprint density at radius 2 is 1.79 bits per heavy atom. The van der Waals surface area contributed by atoms with Gasteiger partial charge in [-0.2, -0.15) is 0 Å². The molecule has 0 saturated heterocycles. The van der Waals surface area contributed by atoms with Crippen LogP contribution in [-0.2, 0) is 0 Å². The third-order valence-electron chi connectivity index (χ3n) is 3.29. The summed E-state index contributed by atoms with van der Waals surface area (Å²) in [5.41, 5.74) is 0. The first kappa shape index (κ1) is 16.1. The van der Waals surface area contributed by atoms with Gasteiger partial charge in [-0.3, -0.25) is 0 Å². The summed E-state index contributed by atoms with van der Waals surface area (Å²) >= 11 is 5.03. The molecule has 0 radical (unpaired) electrons. The molecule has 0 fully saturated rings. The lowest BCUT2D eigenvalue weighted by Crippen LogP contribution is -2.34. The van der Waals surface area contributed by atoms with Gasteiger partial charge < -0.3 is 20.4 Å².